The minimum atomic E-state index is -0.399. The average molecular weight is 646 g/mol. The van der Waals surface area contributed by atoms with Crippen LogP contribution in [0.5, 0.6) is 5.75 Å². The number of fused-ring (bicyclic) bond motifs is 1. The largest absolute Gasteiger partial charge is 0.493 e. The highest BCUT2D eigenvalue weighted by Crippen LogP contribution is 2.49. The standard InChI is InChI=1S/C36H46FN6O2S/c1-35(2,3)32(36(4,5)6)24-13-16-43(17-14-24)15-8-18-45-27-11-12-29-30(20-27)39-23-40-33(29)42-34-38-22-28(46-34)21-31(44)41-26-10-7-9-25(37)19-26/h7,9-12,19-20,22-24H,8,13-18,21H2,1-6H3,(H,41,44)(H,38,39,40,42). The molecule has 1 radical (unpaired) electrons. The number of carbonyl (C=O) groups excluding carboxylic acids is 1. The van der Waals surface area contributed by atoms with Crippen molar-refractivity contribution >= 4 is 44.8 Å². The summed E-state index contributed by atoms with van der Waals surface area (Å²) in [6, 6.07) is 11.7. The predicted octanol–water partition coefficient (Wildman–Crippen LogP) is 8.30. The number of anilines is 3. The van der Waals surface area contributed by atoms with Crippen molar-refractivity contribution in [3.8, 4) is 5.75 Å². The van der Waals surface area contributed by atoms with Gasteiger partial charge >= 0.3 is 0 Å². The predicted molar refractivity (Wildman–Crippen MR) is 185 cm³/mol. The molecule has 1 amide bonds. The van der Waals surface area contributed by atoms with Crippen LogP contribution in [0.3, 0.4) is 0 Å². The number of piperidine rings is 1. The Morgan fingerprint density at radius 3 is 2.50 bits per heavy atom. The van der Waals surface area contributed by atoms with E-state index < -0.39 is 5.82 Å². The molecule has 8 nitrogen and oxygen atoms in total. The third kappa shape index (κ3) is 9.00. The van der Waals surface area contributed by atoms with Crippen molar-refractivity contribution < 1.29 is 13.9 Å². The SMILES string of the molecule is CC(C)(C)[C](C1CCN(CCCOc2ccc3c(Nc4ncc(CC(=O)Nc5cccc(F)c5)s4)ncnc3c2)CC1)C(C)(C)C. The van der Waals surface area contributed by atoms with Gasteiger partial charge in [-0.25, -0.2) is 19.3 Å². The lowest BCUT2D eigenvalue weighted by Gasteiger charge is -2.48. The topological polar surface area (TPSA) is 92.3 Å². The smallest absolute Gasteiger partial charge is 0.229 e. The molecule has 245 valence electrons. The number of hydrogen-bond donors (Lipinski definition) is 2. The normalized spacial score (nSPS) is 15.0. The molecule has 2 aromatic carbocycles. The third-order valence-electron chi connectivity index (χ3n) is 8.33. The Morgan fingerprint density at radius 2 is 1.78 bits per heavy atom. The highest BCUT2D eigenvalue weighted by atomic mass is 32.1. The Balaban J connectivity index is 1.09. The molecular formula is C36H46FN6O2S. The number of nitrogens with zero attached hydrogens (tertiary/aromatic N) is 4. The lowest BCUT2D eigenvalue weighted by atomic mass is 9.59. The van der Waals surface area contributed by atoms with E-state index in [9.17, 15) is 9.18 Å². The molecule has 5 rings (SSSR count). The molecule has 0 atom stereocenters. The van der Waals surface area contributed by atoms with Crippen LogP contribution in [0.2, 0.25) is 0 Å². The summed E-state index contributed by atoms with van der Waals surface area (Å²) in [4.78, 5) is 29.1. The van der Waals surface area contributed by atoms with Gasteiger partial charge in [-0.1, -0.05) is 47.6 Å². The summed E-state index contributed by atoms with van der Waals surface area (Å²) in [5, 5.41) is 7.43. The molecular weight excluding hydrogens is 600 g/mol. The number of ether oxygens (including phenoxy) is 1. The summed E-state index contributed by atoms with van der Waals surface area (Å²) in [6.45, 7) is 18.2. The van der Waals surface area contributed by atoms with Crippen molar-refractivity contribution in [1.29, 1.82) is 0 Å². The molecule has 0 bridgehead atoms. The van der Waals surface area contributed by atoms with Crippen LogP contribution in [-0.4, -0.2) is 52.0 Å². The quantitative estimate of drug-likeness (QED) is 0.159. The maximum Gasteiger partial charge on any atom is 0.229 e. The van der Waals surface area contributed by atoms with Crippen LogP contribution in [0.15, 0.2) is 55.0 Å². The van der Waals surface area contributed by atoms with Crippen LogP contribution in [0.4, 0.5) is 21.0 Å². The summed E-state index contributed by atoms with van der Waals surface area (Å²) >= 11 is 1.36. The van der Waals surface area contributed by atoms with Crippen LogP contribution in [0.1, 0.15) is 65.7 Å². The van der Waals surface area contributed by atoms with Gasteiger partial charge in [0, 0.05) is 34.8 Å². The second-order valence-electron chi connectivity index (χ2n) is 14.1. The van der Waals surface area contributed by atoms with E-state index in [1.165, 1.54) is 42.6 Å². The fraction of sp³-hybridized carbons (Fsp3) is 0.472. The first-order chi connectivity index (χ1) is 21.8. The number of amides is 1. The first-order valence-corrected chi connectivity index (χ1v) is 16.9. The number of nitrogens with one attached hydrogen (secondary N) is 2. The number of carbonyl (C=O) groups is 1. The van der Waals surface area contributed by atoms with Crippen LogP contribution >= 0.6 is 11.3 Å². The van der Waals surface area contributed by atoms with Crippen LogP contribution in [-0.2, 0) is 11.2 Å². The second-order valence-corrected chi connectivity index (χ2v) is 15.2. The number of thiazole rings is 1. The van der Waals surface area contributed by atoms with Gasteiger partial charge in [0.05, 0.1) is 18.5 Å². The Bertz CT molecular complexity index is 1610. The number of benzene rings is 2. The van der Waals surface area contributed by atoms with E-state index in [1.807, 2.05) is 18.2 Å². The molecule has 4 aromatic rings. The van der Waals surface area contributed by atoms with Gasteiger partial charge in [-0.2, -0.15) is 0 Å². The van der Waals surface area contributed by atoms with E-state index in [2.05, 4.69) is 72.0 Å². The monoisotopic (exact) mass is 645 g/mol. The molecule has 2 aromatic heterocycles. The molecule has 1 saturated heterocycles. The Labute approximate surface area is 276 Å². The van der Waals surface area contributed by atoms with Gasteiger partial charge in [0.15, 0.2) is 5.13 Å². The molecule has 0 spiro atoms. The molecule has 1 aliphatic heterocycles. The van der Waals surface area contributed by atoms with E-state index in [1.54, 1.807) is 24.2 Å². The fourth-order valence-electron chi connectivity index (χ4n) is 6.98. The summed E-state index contributed by atoms with van der Waals surface area (Å²) in [5.74, 6) is 3.18. The highest BCUT2D eigenvalue weighted by Gasteiger charge is 2.41. The van der Waals surface area contributed by atoms with E-state index in [-0.39, 0.29) is 23.2 Å². The highest BCUT2D eigenvalue weighted by molar-refractivity contribution is 7.15. The van der Waals surface area contributed by atoms with Crippen molar-refractivity contribution in [2.75, 3.05) is 36.9 Å². The first-order valence-electron chi connectivity index (χ1n) is 16.1. The van der Waals surface area contributed by atoms with Crippen LogP contribution < -0.4 is 15.4 Å². The number of halogens is 1. The van der Waals surface area contributed by atoms with Gasteiger partial charge in [-0.3, -0.25) is 4.79 Å². The molecule has 10 heteroatoms. The van der Waals surface area contributed by atoms with E-state index >= 15 is 0 Å². The van der Waals surface area contributed by atoms with Crippen molar-refractivity contribution in [1.82, 2.24) is 19.9 Å². The van der Waals surface area contributed by atoms with E-state index in [4.69, 9.17) is 4.74 Å². The molecule has 3 heterocycles. The van der Waals surface area contributed by atoms with Gasteiger partial charge in [0.1, 0.15) is 23.7 Å². The molecule has 1 fully saturated rings. The summed E-state index contributed by atoms with van der Waals surface area (Å²) in [5.41, 5.74) is 1.66. The summed E-state index contributed by atoms with van der Waals surface area (Å²) < 4.78 is 19.5. The minimum Gasteiger partial charge on any atom is -0.493 e. The lowest BCUT2D eigenvalue weighted by Crippen LogP contribution is -2.43. The molecule has 0 unspecified atom stereocenters. The summed E-state index contributed by atoms with van der Waals surface area (Å²) in [7, 11) is 0. The average Bonchev–Trinajstić information content (AvgIpc) is 3.41. The summed E-state index contributed by atoms with van der Waals surface area (Å²) in [6.07, 6.45) is 6.75. The number of likely N-dealkylation sites (tertiary alicyclic amines) is 1. The lowest BCUT2D eigenvalue weighted by molar-refractivity contribution is -0.115. The van der Waals surface area contributed by atoms with Gasteiger partial charge in [-0.05, 0) is 85.3 Å². The van der Waals surface area contributed by atoms with Gasteiger partial charge in [-0.15, -0.1) is 11.3 Å². The van der Waals surface area contributed by atoms with Gasteiger partial charge < -0.3 is 20.3 Å². The zero-order valence-electron chi connectivity index (χ0n) is 27.8. The van der Waals surface area contributed by atoms with Crippen LogP contribution in [0, 0.1) is 28.5 Å². The first kappa shape index (κ1) is 33.7. The second kappa shape index (κ2) is 14.4. The molecule has 0 aliphatic carbocycles. The number of rotatable bonds is 11. The Kier molecular flexibility index (Phi) is 10.6. The molecule has 0 saturated carbocycles. The van der Waals surface area contributed by atoms with Crippen molar-refractivity contribution in [2.45, 2.75) is 67.2 Å². The van der Waals surface area contributed by atoms with Gasteiger partial charge in [0.2, 0.25) is 5.91 Å². The van der Waals surface area contributed by atoms with E-state index in [0.29, 0.717) is 29.2 Å². The molecule has 2 N–H and O–H groups in total. The fourth-order valence-corrected chi connectivity index (χ4v) is 7.79. The van der Waals surface area contributed by atoms with Gasteiger partial charge in [0.25, 0.3) is 0 Å². The van der Waals surface area contributed by atoms with Crippen molar-refractivity contribution in [2.24, 2.45) is 16.7 Å². The Morgan fingerprint density at radius 1 is 1.02 bits per heavy atom. The Hall–Kier alpha value is -3.63. The maximum absolute atomic E-state index is 13.4. The maximum atomic E-state index is 13.4. The van der Waals surface area contributed by atoms with Crippen molar-refractivity contribution in [3.05, 3.63) is 71.6 Å². The number of hydrogen-bond acceptors (Lipinski definition) is 8. The minimum absolute atomic E-state index is 0.132. The number of aromatic nitrogens is 3. The zero-order chi connectivity index (χ0) is 32.9. The van der Waals surface area contributed by atoms with Crippen molar-refractivity contribution in [3.63, 3.8) is 0 Å². The van der Waals surface area contributed by atoms with Crippen LogP contribution in [0.25, 0.3) is 10.9 Å². The molecule has 1 aliphatic rings. The molecule has 46 heavy (non-hydrogen) atoms. The zero-order valence-corrected chi connectivity index (χ0v) is 28.6. The third-order valence-corrected chi connectivity index (χ3v) is 9.24. The van der Waals surface area contributed by atoms with E-state index in [0.717, 1.165) is 47.6 Å².